The summed E-state index contributed by atoms with van der Waals surface area (Å²) < 4.78 is 13.5. The smallest absolute Gasteiger partial charge is 0.223 e. The van der Waals surface area contributed by atoms with Crippen LogP contribution in [0.2, 0.25) is 0 Å². The third-order valence-electron chi connectivity index (χ3n) is 2.13. The molecule has 0 bridgehead atoms. The van der Waals surface area contributed by atoms with E-state index in [1.807, 2.05) is 6.92 Å². The summed E-state index contributed by atoms with van der Waals surface area (Å²) >= 11 is 0. The van der Waals surface area contributed by atoms with Crippen LogP contribution < -0.4 is 5.32 Å². The topological polar surface area (TPSA) is 50.7 Å². The minimum atomic E-state index is -0.386. The van der Waals surface area contributed by atoms with E-state index in [4.69, 9.17) is 0 Å². The second-order valence-corrected chi connectivity index (χ2v) is 3.32. The molecule has 0 spiro atoms. The van der Waals surface area contributed by atoms with Crippen LogP contribution in [0.4, 0.5) is 10.3 Å². The van der Waals surface area contributed by atoms with Gasteiger partial charge in [-0.15, -0.1) is 0 Å². The summed E-state index contributed by atoms with van der Waals surface area (Å²) in [5.41, 5.74) is 1.76. The Balaban J connectivity index is 2.56. The molecule has 0 aliphatic heterocycles. The minimum absolute atomic E-state index is 0.386. The number of nitrogens with zero attached hydrogens (tertiary/aromatic N) is 3. The second kappa shape index (κ2) is 4.22. The summed E-state index contributed by atoms with van der Waals surface area (Å²) in [6.45, 7) is 1.84. The van der Waals surface area contributed by atoms with Gasteiger partial charge in [-0.25, -0.2) is 14.4 Å². The first-order valence-corrected chi connectivity index (χ1v) is 4.84. The van der Waals surface area contributed by atoms with Gasteiger partial charge in [0.25, 0.3) is 0 Å². The van der Waals surface area contributed by atoms with E-state index in [1.54, 1.807) is 19.2 Å². The zero-order valence-corrected chi connectivity index (χ0v) is 9.03. The summed E-state index contributed by atoms with van der Waals surface area (Å²) in [5, 5.41) is 2.84. The molecule has 0 aliphatic carbocycles. The number of halogens is 1. The Morgan fingerprint density at radius 3 is 2.81 bits per heavy atom. The first-order chi connectivity index (χ1) is 7.70. The van der Waals surface area contributed by atoms with Crippen molar-refractivity contribution in [1.82, 2.24) is 15.0 Å². The minimum Gasteiger partial charge on any atom is -0.357 e. The maximum absolute atomic E-state index is 13.5. The Morgan fingerprint density at radius 1 is 1.31 bits per heavy atom. The highest BCUT2D eigenvalue weighted by Crippen LogP contribution is 2.21. The van der Waals surface area contributed by atoms with Gasteiger partial charge in [-0.2, -0.15) is 0 Å². The number of nitrogens with one attached hydrogen (secondary N) is 1. The van der Waals surface area contributed by atoms with Crippen molar-refractivity contribution in [3.63, 3.8) is 0 Å². The quantitative estimate of drug-likeness (QED) is 0.837. The first-order valence-electron chi connectivity index (χ1n) is 4.84. The van der Waals surface area contributed by atoms with Gasteiger partial charge >= 0.3 is 0 Å². The SMILES string of the molecule is CNc1nc(C)cc(-c2ccncc2F)n1. The summed E-state index contributed by atoms with van der Waals surface area (Å²) in [7, 11) is 1.72. The third-order valence-corrected chi connectivity index (χ3v) is 2.13. The predicted molar refractivity (Wildman–Crippen MR) is 59.5 cm³/mol. The molecular formula is C11H11FN4. The third kappa shape index (κ3) is 1.98. The van der Waals surface area contributed by atoms with Gasteiger partial charge in [0.2, 0.25) is 5.95 Å². The molecule has 1 N–H and O–H groups in total. The van der Waals surface area contributed by atoms with Gasteiger partial charge in [-0.05, 0) is 19.1 Å². The van der Waals surface area contributed by atoms with E-state index in [1.165, 1.54) is 12.4 Å². The van der Waals surface area contributed by atoms with Crippen molar-refractivity contribution >= 4 is 5.95 Å². The average molecular weight is 218 g/mol. The van der Waals surface area contributed by atoms with Crippen molar-refractivity contribution in [2.45, 2.75) is 6.92 Å². The predicted octanol–water partition coefficient (Wildman–Crippen LogP) is 2.03. The number of aryl methyl sites for hydroxylation is 1. The second-order valence-electron chi connectivity index (χ2n) is 3.32. The summed E-state index contributed by atoms with van der Waals surface area (Å²) in [6.07, 6.45) is 2.71. The number of hydrogen-bond acceptors (Lipinski definition) is 4. The van der Waals surface area contributed by atoms with Gasteiger partial charge < -0.3 is 5.32 Å². The van der Waals surface area contributed by atoms with E-state index >= 15 is 0 Å². The Labute approximate surface area is 92.6 Å². The summed E-state index contributed by atoms with van der Waals surface area (Å²) in [6, 6.07) is 3.33. The molecule has 0 amide bonds. The Bertz CT molecular complexity index is 513. The molecule has 4 nitrogen and oxygen atoms in total. The van der Waals surface area contributed by atoms with Crippen LogP contribution >= 0.6 is 0 Å². The van der Waals surface area contributed by atoms with E-state index in [2.05, 4.69) is 20.3 Å². The highest BCUT2D eigenvalue weighted by atomic mass is 19.1. The van der Waals surface area contributed by atoms with Crippen molar-refractivity contribution in [2.75, 3.05) is 12.4 Å². The molecular weight excluding hydrogens is 207 g/mol. The van der Waals surface area contributed by atoms with Crippen molar-refractivity contribution in [3.8, 4) is 11.3 Å². The zero-order valence-electron chi connectivity index (χ0n) is 9.03. The number of hydrogen-bond donors (Lipinski definition) is 1. The average Bonchev–Trinajstić information content (AvgIpc) is 2.28. The standard InChI is InChI=1S/C11H11FN4/c1-7-5-10(16-11(13-2)15-7)8-3-4-14-6-9(8)12/h3-6H,1-2H3,(H,13,15,16). The van der Waals surface area contributed by atoms with Crippen molar-refractivity contribution < 1.29 is 4.39 Å². The van der Waals surface area contributed by atoms with E-state index in [0.29, 0.717) is 17.2 Å². The van der Waals surface area contributed by atoms with Gasteiger partial charge in [0.05, 0.1) is 11.9 Å². The summed E-state index contributed by atoms with van der Waals surface area (Å²) in [5.74, 6) is 0.0915. The van der Waals surface area contributed by atoms with Crippen LogP contribution in [0, 0.1) is 12.7 Å². The van der Waals surface area contributed by atoms with Crippen LogP contribution in [-0.2, 0) is 0 Å². The van der Waals surface area contributed by atoms with E-state index in [0.717, 1.165) is 5.69 Å². The van der Waals surface area contributed by atoms with Gasteiger partial charge in [0, 0.05) is 24.5 Å². The van der Waals surface area contributed by atoms with Crippen molar-refractivity contribution in [3.05, 3.63) is 36.0 Å². The fourth-order valence-electron chi connectivity index (χ4n) is 1.40. The molecule has 5 heteroatoms. The van der Waals surface area contributed by atoms with Crippen molar-refractivity contribution in [2.24, 2.45) is 0 Å². The molecule has 0 aromatic carbocycles. The van der Waals surface area contributed by atoms with Crippen LogP contribution in [0.15, 0.2) is 24.5 Å². The molecule has 2 aromatic rings. The van der Waals surface area contributed by atoms with E-state index in [9.17, 15) is 4.39 Å². The Morgan fingerprint density at radius 2 is 2.12 bits per heavy atom. The molecule has 0 aliphatic rings. The lowest BCUT2D eigenvalue weighted by atomic mass is 10.1. The van der Waals surface area contributed by atoms with Crippen LogP contribution in [0.5, 0.6) is 0 Å². The van der Waals surface area contributed by atoms with Gasteiger partial charge in [-0.3, -0.25) is 4.98 Å². The lowest BCUT2D eigenvalue weighted by molar-refractivity contribution is 0.624. The maximum atomic E-state index is 13.5. The van der Waals surface area contributed by atoms with E-state index < -0.39 is 0 Å². The molecule has 2 rings (SSSR count). The molecule has 0 atom stereocenters. The molecule has 0 unspecified atom stereocenters. The number of aromatic nitrogens is 3. The van der Waals surface area contributed by atoms with Crippen molar-refractivity contribution in [1.29, 1.82) is 0 Å². The highest BCUT2D eigenvalue weighted by Gasteiger charge is 2.08. The van der Waals surface area contributed by atoms with Crippen LogP contribution in [0.1, 0.15) is 5.69 Å². The highest BCUT2D eigenvalue weighted by molar-refractivity contribution is 5.60. The lowest BCUT2D eigenvalue weighted by Crippen LogP contribution is -2.00. The molecule has 16 heavy (non-hydrogen) atoms. The molecule has 0 fully saturated rings. The molecule has 0 radical (unpaired) electrons. The fraction of sp³-hybridized carbons (Fsp3) is 0.182. The number of rotatable bonds is 2. The van der Waals surface area contributed by atoms with Crippen LogP contribution in [0.3, 0.4) is 0 Å². The van der Waals surface area contributed by atoms with Crippen LogP contribution in [0.25, 0.3) is 11.3 Å². The monoisotopic (exact) mass is 218 g/mol. The zero-order chi connectivity index (χ0) is 11.5. The van der Waals surface area contributed by atoms with Gasteiger partial charge in [-0.1, -0.05) is 0 Å². The van der Waals surface area contributed by atoms with E-state index in [-0.39, 0.29) is 5.82 Å². The summed E-state index contributed by atoms with van der Waals surface area (Å²) in [4.78, 5) is 12.0. The number of pyridine rings is 1. The molecule has 0 saturated carbocycles. The molecule has 82 valence electrons. The normalized spacial score (nSPS) is 10.2. The van der Waals surface area contributed by atoms with Gasteiger partial charge in [0.15, 0.2) is 5.82 Å². The van der Waals surface area contributed by atoms with Gasteiger partial charge in [0.1, 0.15) is 0 Å². The lowest BCUT2D eigenvalue weighted by Gasteiger charge is -2.05. The Kier molecular flexibility index (Phi) is 2.76. The first kappa shape index (κ1) is 10.5. The maximum Gasteiger partial charge on any atom is 0.223 e. The van der Waals surface area contributed by atoms with Crippen LogP contribution in [-0.4, -0.2) is 22.0 Å². The molecule has 2 heterocycles. The molecule has 0 saturated heterocycles. The Hall–Kier alpha value is -2.04. The largest absolute Gasteiger partial charge is 0.357 e. The fourth-order valence-corrected chi connectivity index (χ4v) is 1.40. The molecule has 2 aromatic heterocycles. The number of anilines is 1.